The summed E-state index contributed by atoms with van der Waals surface area (Å²) in [5.41, 5.74) is 0.205. The van der Waals surface area contributed by atoms with Gasteiger partial charge in [-0.1, -0.05) is 25.2 Å². The predicted octanol–water partition coefficient (Wildman–Crippen LogP) is 3.81. The van der Waals surface area contributed by atoms with Crippen molar-refractivity contribution < 1.29 is 23.2 Å². The molecule has 2 aromatic rings. The summed E-state index contributed by atoms with van der Waals surface area (Å²) in [7, 11) is 1.58. The fourth-order valence-electron chi connectivity index (χ4n) is 4.25. The average Bonchev–Trinajstić information content (AvgIpc) is 2.99. The van der Waals surface area contributed by atoms with Crippen molar-refractivity contribution in [2.45, 2.75) is 51.5 Å². The molecule has 0 radical (unpaired) electrons. The number of nitrogens with one attached hydrogen (secondary N) is 2. The van der Waals surface area contributed by atoms with Crippen molar-refractivity contribution in [3.05, 3.63) is 52.3 Å². The van der Waals surface area contributed by atoms with Crippen LogP contribution in [0.2, 0.25) is 0 Å². The zero-order chi connectivity index (χ0) is 23.6. The van der Waals surface area contributed by atoms with Gasteiger partial charge in [0, 0.05) is 24.5 Å². The predicted molar refractivity (Wildman–Crippen MR) is 116 cm³/mol. The number of carbonyl (C=O) groups excluding carboxylic acids is 3. The van der Waals surface area contributed by atoms with Crippen LogP contribution in [0.1, 0.15) is 64.2 Å². The van der Waals surface area contributed by atoms with E-state index in [9.17, 15) is 23.2 Å². The third-order valence-electron chi connectivity index (χ3n) is 6.09. The van der Waals surface area contributed by atoms with E-state index in [-0.39, 0.29) is 16.9 Å². The largest absolute Gasteiger partial charge is 0.343 e. The maximum atomic E-state index is 13.5. The van der Waals surface area contributed by atoms with Crippen LogP contribution in [-0.4, -0.2) is 27.7 Å². The Balaban J connectivity index is 1.87. The number of benzene rings is 1. The molecule has 6 nitrogen and oxygen atoms in total. The number of terminal acetylenes is 1. The minimum absolute atomic E-state index is 0.0611. The molecule has 1 aromatic heterocycles. The lowest BCUT2D eigenvalue weighted by molar-refractivity contribution is -0.118. The van der Waals surface area contributed by atoms with Gasteiger partial charge in [0.15, 0.2) is 11.6 Å². The first kappa shape index (κ1) is 23.2. The molecule has 1 fully saturated rings. The molecule has 0 bridgehead atoms. The molecule has 1 aromatic carbocycles. The fraction of sp³-hybridized carbons (Fsp3) is 0.375. The molecule has 1 aliphatic rings. The van der Waals surface area contributed by atoms with Gasteiger partial charge in [-0.05, 0) is 44.4 Å². The maximum Gasteiger partial charge on any atom is 0.293 e. The third kappa shape index (κ3) is 4.28. The van der Waals surface area contributed by atoms with Gasteiger partial charge in [0.2, 0.25) is 0 Å². The molecule has 8 heteroatoms. The Morgan fingerprint density at radius 2 is 1.75 bits per heavy atom. The third-order valence-corrected chi connectivity index (χ3v) is 6.09. The number of nitrogens with zero attached hydrogens (tertiary/aromatic N) is 1. The lowest BCUT2D eigenvalue weighted by Crippen LogP contribution is -2.51. The molecule has 3 rings (SSSR count). The van der Waals surface area contributed by atoms with Crippen molar-refractivity contribution in [1.29, 1.82) is 0 Å². The van der Waals surface area contributed by atoms with E-state index in [0.29, 0.717) is 24.1 Å². The van der Waals surface area contributed by atoms with E-state index >= 15 is 0 Å². The highest BCUT2D eigenvalue weighted by atomic mass is 19.2. The number of hydrogen-bond donors (Lipinski definition) is 2. The van der Waals surface area contributed by atoms with Crippen LogP contribution in [0, 0.1) is 37.8 Å². The van der Waals surface area contributed by atoms with Crippen molar-refractivity contribution >= 4 is 23.3 Å². The SMILES string of the molecule is C#CC1(NC(=O)C(=O)c2c(C)c(C(=O)Nc3ccc(F)c(F)c3)n(C)c2C)CCCCC1. The Kier molecular flexibility index (Phi) is 6.49. The number of ketones is 1. The molecule has 0 saturated heterocycles. The van der Waals surface area contributed by atoms with Crippen molar-refractivity contribution in [3.63, 3.8) is 0 Å². The molecule has 0 aliphatic heterocycles. The van der Waals surface area contributed by atoms with Crippen molar-refractivity contribution in [2.24, 2.45) is 7.05 Å². The lowest BCUT2D eigenvalue weighted by atomic mass is 9.82. The van der Waals surface area contributed by atoms with Gasteiger partial charge < -0.3 is 15.2 Å². The van der Waals surface area contributed by atoms with Gasteiger partial charge >= 0.3 is 0 Å². The number of aromatic nitrogens is 1. The molecule has 168 valence electrons. The number of hydrogen-bond acceptors (Lipinski definition) is 3. The first-order valence-electron chi connectivity index (χ1n) is 10.4. The van der Waals surface area contributed by atoms with E-state index in [2.05, 4.69) is 16.6 Å². The topological polar surface area (TPSA) is 80.2 Å². The van der Waals surface area contributed by atoms with Gasteiger partial charge in [-0.25, -0.2) is 8.78 Å². The van der Waals surface area contributed by atoms with Crippen LogP contribution >= 0.6 is 0 Å². The zero-order valence-corrected chi connectivity index (χ0v) is 18.3. The maximum absolute atomic E-state index is 13.5. The highest BCUT2D eigenvalue weighted by Crippen LogP contribution is 2.28. The van der Waals surface area contributed by atoms with Crippen LogP contribution in [-0.2, 0) is 11.8 Å². The molecular weight excluding hydrogens is 416 g/mol. The van der Waals surface area contributed by atoms with Crippen LogP contribution in [0.3, 0.4) is 0 Å². The van der Waals surface area contributed by atoms with Crippen LogP contribution in [0.4, 0.5) is 14.5 Å². The Morgan fingerprint density at radius 3 is 2.34 bits per heavy atom. The monoisotopic (exact) mass is 441 g/mol. The Labute approximate surface area is 185 Å². The van der Waals surface area contributed by atoms with E-state index in [1.165, 1.54) is 10.6 Å². The second-order valence-electron chi connectivity index (χ2n) is 8.15. The van der Waals surface area contributed by atoms with E-state index in [1.807, 2.05) is 0 Å². The van der Waals surface area contributed by atoms with Crippen molar-refractivity contribution in [2.75, 3.05) is 5.32 Å². The summed E-state index contributed by atoms with van der Waals surface area (Å²) in [6.45, 7) is 3.19. The number of amides is 2. The fourth-order valence-corrected chi connectivity index (χ4v) is 4.25. The first-order chi connectivity index (χ1) is 15.1. The molecule has 0 unspecified atom stereocenters. The molecule has 0 atom stereocenters. The summed E-state index contributed by atoms with van der Waals surface area (Å²) in [6, 6.07) is 2.99. The van der Waals surface area contributed by atoms with E-state index in [4.69, 9.17) is 6.42 Å². The molecule has 1 saturated carbocycles. The Bertz CT molecular complexity index is 1140. The minimum Gasteiger partial charge on any atom is -0.343 e. The van der Waals surface area contributed by atoms with E-state index < -0.39 is 34.8 Å². The standard InChI is InChI=1S/C24H25F2N3O3/c1-5-24(11-7-6-8-12-24)28-23(32)21(30)19-14(2)20(29(4)15(19)3)22(31)27-16-9-10-17(25)18(26)13-16/h1,9-10,13H,6-8,11-12H2,2-4H3,(H,27,31)(H,28,32). The molecular formula is C24H25F2N3O3. The minimum atomic E-state index is -1.10. The van der Waals surface area contributed by atoms with E-state index in [1.54, 1.807) is 20.9 Å². The summed E-state index contributed by atoms with van der Waals surface area (Å²) in [4.78, 5) is 38.7. The second kappa shape index (κ2) is 8.95. The summed E-state index contributed by atoms with van der Waals surface area (Å²) in [5, 5.41) is 5.23. The van der Waals surface area contributed by atoms with Gasteiger partial charge in [0.1, 0.15) is 11.2 Å². The number of anilines is 1. The quantitative estimate of drug-likeness (QED) is 0.421. The molecule has 0 spiro atoms. The van der Waals surface area contributed by atoms with Crippen molar-refractivity contribution in [3.8, 4) is 12.3 Å². The highest BCUT2D eigenvalue weighted by Gasteiger charge is 2.35. The van der Waals surface area contributed by atoms with E-state index in [0.717, 1.165) is 31.4 Å². The van der Waals surface area contributed by atoms with Crippen LogP contribution < -0.4 is 10.6 Å². The summed E-state index contributed by atoms with van der Waals surface area (Å²) in [6.07, 6.45) is 9.65. The zero-order valence-electron chi connectivity index (χ0n) is 18.3. The number of carbonyl (C=O) groups is 3. The second-order valence-corrected chi connectivity index (χ2v) is 8.15. The number of Topliss-reactive ketones (excluding diaryl/α,β-unsaturated/α-hetero) is 1. The molecule has 1 heterocycles. The first-order valence-corrected chi connectivity index (χ1v) is 10.4. The smallest absolute Gasteiger partial charge is 0.293 e. The number of rotatable bonds is 5. The van der Waals surface area contributed by atoms with Gasteiger partial charge in [0.05, 0.1) is 5.56 Å². The van der Waals surface area contributed by atoms with Gasteiger partial charge in [-0.15, -0.1) is 6.42 Å². The summed E-state index contributed by atoms with van der Waals surface area (Å²) < 4.78 is 28.1. The summed E-state index contributed by atoms with van der Waals surface area (Å²) in [5.74, 6) is -1.69. The Morgan fingerprint density at radius 1 is 1.09 bits per heavy atom. The highest BCUT2D eigenvalue weighted by molar-refractivity contribution is 6.44. The normalized spacial score (nSPS) is 15.0. The van der Waals surface area contributed by atoms with Crippen molar-refractivity contribution in [1.82, 2.24) is 9.88 Å². The van der Waals surface area contributed by atoms with Gasteiger partial charge in [-0.2, -0.15) is 0 Å². The van der Waals surface area contributed by atoms with Crippen LogP contribution in [0.25, 0.3) is 0 Å². The average molecular weight is 441 g/mol. The summed E-state index contributed by atoms with van der Waals surface area (Å²) >= 11 is 0. The number of halogens is 2. The molecule has 1 aliphatic carbocycles. The van der Waals surface area contributed by atoms with Crippen LogP contribution in [0.15, 0.2) is 18.2 Å². The van der Waals surface area contributed by atoms with Crippen LogP contribution in [0.5, 0.6) is 0 Å². The molecule has 32 heavy (non-hydrogen) atoms. The lowest BCUT2D eigenvalue weighted by Gasteiger charge is -2.33. The molecule has 2 N–H and O–H groups in total. The Hall–Kier alpha value is -3.47. The van der Waals surface area contributed by atoms with Gasteiger partial charge in [-0.3, -0.25) is 14.4 Å². The van der Waals surface area contributed by atoms with Gasteiger partial charge in [0.25, 0.3) is 17.6 Å². The molecule has 2 amide bonds.